The standard InChI is InChI=1S/C10H8Cl2N2S/c11-6-8(12)7-14-4-3-13-10(14)9-2-1-5-15-9/h1-6H,7H2/b8-6+. The molecule has 0 aliphatic heterocycles. The van der Waals surface area contributed by atoms with Crippen molar-refractivity contribution in [3.8, 4) is 10.7 Å². The van der Waals surface area contributed by atoms with Gasteiger partial charge in [0, 0.05) is 23.0 Å². The highest BCUT2D eigenvalue weighted by Crippen LogP contribution is 2.23. The molecule has 0 saturated heterocycles. The van der Waals surface area contributed by atoms with Gasteiger partial charge >= 0.3 is 0 Å². The lowest BCUT2D eigenvalue weighted by molar-refractivity contribution is 0.822. The zero-order chi connectivity index (χ0) is 10.7. The normalized spacial score (nSPS) is 12.0. The van der Waals surface area contributed by atoms with E-state index in [-0.39, 0.29) is 0 Å². The molecule has 2 heterocycles. The maximum atomic E-state index is 5.87. The fourth-order valence-corrected chi connectivity index (χ4v) is 2.20. The van der Waals surface area contributed by atoms with Crippen LogP contribution < -0.4 is 0 Å². The molecule has 78 valence electrons. The van der Waals surface area contributed by atoms with Crippen molar-refractivity contribution in [1.82, 2.24) is 9.55 Å². The third kappa shape index (κ3) is 2.43. The number of aromatic nitrogens is 2. The lowest BCUT2D eigenvalue weighted by Gasteiger charge is -2.04. The molecule has 0 amide bonds. The van der Waals surface area contributed by atoms with Gasteiger partial charge in [-0.1, -0.05) is 29.3 Å². The van der Waals surface area contributed by atoms with Crippen LogP contribution in [-0.2, 0) is 6.54 Å². The van der Waals surface area contributed by atoms with E-state index in [0.717, 1.165) is 10.7 Å². The van der Waals surface area contributed by atoms with Crippen LogP contribution in [0.3, 0.4) is 0 Å². The number of rotatable bonds is 3. The number of hydrogen-bond acceptors (Lipinski definition) is 2. The van der Waals surface area contributed by atoms with Gasteiger partial charge < -0.3 is 4.57 Å². The highest BCUT2D eigenvalue weighted by Gasteiger charge is 2.06. The van der Waals surface area contributed by atoms with Gasteiger partial charge in [0.25, 0.3) is 0 Å². The molecule has 5 heteroatoms. The van der Waals surface area contributed by atoms with Crippen molar-refractivity contribution in [3.05, 3.63) is 40.5 Å². The number of halogens is 2. The first-order chi connectivity index (χ1) is 7.31. The SMILES string of the molecule is Cl/C=C(/Cl)Cn1ccnc1-c1cccs1. The van der Waals surface area contributed by atoms with E-state index in [9.17, 15) is 0 Å². The highest BCUT2D eigenvalue weighted by atomic mass is 35.5. The first-order valence-corrected chi connectivity index (χ1v) is 6.00. The second-order valence-electron chi connectivity index (χ2n) is 2.91. The minimum absolute atomic E-state index is 0.554. The smallest absolute Gasteiger partial charge is 0.150 e. The molecule has 0 atom stereocenters. The van der Waals surface area contributed by atoms with Crippen LogP contribution in [0.25, 0.3) is 10.7 Å². The van der Waals surface area contributed by atoms with Gasteiger partial charge in [-0.2, -0.15) is 0 Å². The average molecular weight is 259 g/mol. The summed E-state index contributed by atoms with van der Waals surface area (Å²) in [7, 11) is 0. The third-order valence-corrected chi connectivity index (χ3v) is 3.37. The van der Waals surface area contributed by atoms with Gasteiger partial charge in [-0.05, 0) is 11.4 Å². The fourth-order valence-electron chi connectivity index (χ4n) is 1.26. The van der Waals surface area contributed by atoms with E-state index in [2.05, 4.69) is 4.98 Å². The number of imidazole rings is 1. The van der Waals surface area contributed by atoms with E-state index in [0.29, 0.717) is 11.6 Å². The molecule has 2 rings (SSSR count). The second kappa shape index (κ2) is 4.84. The monoisotopic (exact) mass is 258 g/mol. The van der Waals surface area contributed by atoms with E-state index in [1.165, 1.54) is 5.54 Å². The number of thiophene rings is 1. The molecule has 0 unspecified atom stereocenters. The molecule has 0 fully saturated rings. The van der Waals surface area contributed by atoms with Gasteiger partial charge in [0.05, 0.1) is 11.4 Å². The maximum absolute atomic E-state index is 5.87. The van der Waals surface area contributed by atoms with Gasteiger partial charge in [0.1, 0.15) is 5.82 Å². The van der Waals surface area contributed by atoms with Crippen molar-refractivity contribution in [2.75, 3.05) is 0 Å². The molecule has 0 N–H and O–H groups in total. The van der Waals surface area contributed by atoms with Crippen LogP contribution in [0.4, 0.5) is 0 Å². The molecule has 0 radical (unpaired) electrons. The Morgan fingerprint density at radius 1 is 1.60 bits per heavy atom. The van der Waals surface area contributed by atoms with E-state index < -0.39 is 0 Å². The molecule has 0 spiro atoms. The van der Waals surface area contributed by atoms with E-state index in [1.54, 1.807) is 17.5 Å². The van der Waals surface area contributed by atoms with Crippen molar-refractivity contribution >= 4 is 34.5 Å². The molecule has 0 aromatic carbocycles. The Morgan fingerprint density at radius 3 is 3.13 bits per heavy atom. The van der Waals surface area contributed by atoms with Crippen molar-refractivity contribution < 1.29 is 0 Å². The second-order valence-corrected chi connectivity index (χ2v) is 4.56. The summed E-state index contributed by atoms with van der Waals surface area (Å²) in [5.41, 5.74) is 1.37. The molecule has 15 heavy (non-hydrogen) atoms. The number of nitrogens with zero attached hydrogens (tertiary/aromatic N) is 2. The number of allylic oxidation sites excluding steroid dienone is 1. The fraction of sp³-hybridized carbons (Fsp3) is 0.100. The lowest BCUT2D eigenvalue weighted by atomic mass is 10.4. The van der Waals surface area contributed by atoms with Crippen molar-refractivity contribution in [1.29, 1.82) is 0 Å². The summed E-state index contributed by atoms with van der Waals surface area (Å²) >= 11 is 13.0. The largest absolute Gasteiger partial charge is 0.325 e. The third-order valence-electron chi connectivity index (χ3n) is 1.90. The van der Waals surface area contributed by atoms with Crippen LogP contribution in [0.15, 0.2) is 40.5 Å². The molecule has 0 aliphatic carbocycles. The van der Waals surface area contributed by atoms with Crippen molar-refractivity contribution in [2.45, 2.75) is 6.54 Å². The van der Waals surface area contributed by atoms with E-state index in [4.69, 9.17) is 23.2 Å². The van der Waals surface area contributed by atoms with Gasteiger partial charge in [-0.3, -0.25) is 0 Å². The first-order valence-electron chi connectivity index (χ1n) is 4.31. The molecule has 0 bridgehead atoms. The van der Waals surface area contributed by atoms with Gasteiger partial charge in [-0.15, -0.1) is 11.3 Å². The quantitative estimate of drug-likeness (QED) is 0.816. The Bertz CT molecular complexity index is 459. The minimum atomic E-state index is 0.554. The van der Waals surface area contributed by atoms with Crippen LogP contribution in [0.2, 0.25) is 0 Å². The summed E-state index contributed by atoms with van der Waals surface area (Å²) in [6, 6.07) is 4.03. The van der Waals surface area contributed by atoms with Crippen molar-refractivity contribution in [2.24, 2.45) is 0 Å². The summed E-state index contributed by atoms with van der Waals surface area (Å²) in [5.74, 6) is 0.918. The predicted molar refractivity (Wildman–Crippen MR) is 65.3 cm³/mol. The lowest BCUT2D eigenvalue weighted by Crippen LogP contribution is -1.98. The number of hydrogen-bond donors (Lipinski definition) is 0. The molecule has 2 nitrogen and oxygen atoms in total. The molecular formula is C10H8Cl2N2S. The van der Waals surface area contributed by atoms with Crippen LogP contribution in [0.5, 0.6) is 0 Å². The Balaban J connectivity index is 2.31. The summed E-state index contributed by atoms with van der Waals surface area (Å²) < 4.78 is 1.97. The Hall–Kier alpha value is -0.770. The topological polar surface area (TPSA) is 17.8 Å². The summed E-state index contributed by atoms with van der Waals surface area (Å²) in [6.45, 7) is 0.554. The summed E-state index contributed by atoms with van der Waals surface area (Å²) in [5, 5.41) is 2.61. The van der Waals surface area contributed by atoms with E-state index >= 15 is 0 Å². The van der Waals surface area contributed by atoms with Gasteiger partial charge in [0.15, 0.2) is 0 Å². The summed E-state index contributed by atoms with van der Waals surface area (Å²) in [6.07, 6.45) is 3.64. The van der Waals surface area contributed by atoms with Crippen LogP contribution in [-0.4, -0.2) is 9.55 Å². The minimum Gasteiger partial charge on any atom is -0.325 e. The van der Waals surface area contributed by atoms with Crippen molar-refractivity contribution in [3.63, 3.8) is 0 Å². The zero-order valence-corrected chi connectivity index (χ0v) is 10.1. The molecule has 0 saturated carbocycles. The van der Waals surface area contributed by atoms with Gasteiger partial charge in [0.2, 0.25) is 0 Å². The van der Waals surface area contributed by atoms with E-state index in [1.807, 2.05) is 28.3 Å². The zero-order valence-electron chi connectivity index (χ0n) is 7.73. The van der Waals surface area contributed by atoms with Crippen LogP contribution >= 0.6 is 34.5 Å². The summed E-state index contributed by atoms with van der Waals surface area (Å²) in [4.78, 5) is 5.41. The molecule has 0 aliphatic rings. The highest BCUT2D eigenvalue weighted by molar-refractivity contribution is 7.13. The molecule has 2 aromatic rings. The Kier molecular flexibility index (Phi) is 3.46. The van der Waals surface area contributed by atoms with Crippen LogP contribution in [0, 0.1) is 0 Å². The Morgan fingerprint density at radius 2 is 2.47 bits per heavy atom. The van der Waals surface area contributed by atoms with Crippen LogP contribution in [0.1, 0.15) is 0 Å². The first kappa shape index (κ1) is 10.7. The molecule has 2 aromatic heterocycles. The average Bonchev–Trinajstić information content (AvgIpc) is 2.86. The maximum Gasteiger partial charge on any atom is 0.150 e. The predicted octanol–water partition coefficient (Wildman–Crippen LogP) is 3.93. The molecular weight excluding hydrogens is 251 g/mol. The Labute approximate surface area is 102 Å². The van der Waals surface area contributed by atoms with Gasteiger partial charge in [-0.25, -0.2) is 4.98 Å².